The number of thiophene rings is 1. The van der Waals surface area contributed by atoms with Crippen LogP contribution in [-0.2, 0) is 20.8 Å². The van der Waals surface area contributed by atoms with Gasteiger partial charge in [0.15, 0.2) is 0 Å². The summed E-state index contributed by atoms with van der Waals surface area (Å²) in [6, 6.07) is 2.22. The van der Waals surface area contributed by atoms with Crippen molar-refractivity contribution in [2.24, 2.45) is 0 Å². The van der Waals surface area contributed by atoms with Crippen molar-refractivity contribution in [3.8, 4) is 0 Å². The highest BCUT2D eigenvalue weighted by Gasteiger charge is 2.40. The minimum atomic E-state index is 0.0511. The van der Waals surface area contributed by atoms with Gasteiger partial charge in [-0.15, -0.1) is 11.3 Å². The van der Waals surface area contributed by atoms with E-state index < -0.39 is 0 Å². The van der Waals surface area contributed by atoms with E-state index in [0.717, 1.165) is 58.5 Å². The lowest BCUT2D eigenvalue weighted by molar-refractivity contribution is -0.158. The van der Waals surface area contributed by atoms with Crippen molar-refractivity contribution < 1.29 is 14.2 Å². The van der Waals surface area contributed by atoms with Gasteiger partial charge in [-0.05, 0) is 50.1 Å². The molecule has 0 N–H and O–H groups in total. The van der Waals surface area contributed by atoms with E-state index in [4.69, 9.17) is 14.2 Å². The van der Waals surface area contributed by atoms with Gasteiger partial charge in [0.1, 0.15) is 0 Å². The molecular weight excluding hydrogens is 322 g/mol. The molecule has 3 rings (SSSR count). The van der Waals surface area contributed by atoms with Crippen LogP contribution in [0.15, 0.2) is 11.4 Å². The first-order valence-corrected chi connectivity index (χ1v) is 10.2. The van der Waals surface area contributed by atoms with Crippen molar-refractivity contribution in [1.29, 1.82) is 0 Å². The van der Waals surface area contributed by atoms with E-state index in [0.29, 0.717) is 19.3 Å². The van der Waals surface area contributed by atoms with Crippen molar-refractivity contribution in [1.82, 2.24) is 4.90 Å². The Balaban J connectivity index is 1.44. The fourth-order valence-electron chi connectivity index (χ4n) is 3.78. The zero-order chi connectivity index (χ0) is 16.8. The second-order valence-electron chi connectivity index (χ2n) is 7.02. The number of aryl methyl sites for hydroxylation is 1. The highest BCUT2D eigenvalue weighted by atomic mass is 32.1. The first kappa shape index (κ1) is 18.3. The van der Waals surface area contributed by atoms with Gasteiger partial charge >= 0.3 is 0 Å². The van der Waals surface area contributed by atoms with Crippen LogP contribution < -0.4 is 0 Å². The summed E-state index contributed by atoms with van der Waals surface area (Å²) in [5.41, 5.74) is 1.48. The molecule has 1 spiro atoms. The summed E-state index contributed by atoms with van der Waals surface area (Å²) in [6.45, 7) is 10.6. The van der Waals surface area contributed by atoms with Crippen molar-refractivity contribution in [3.05, 3.63) is 21.9 Å². The van der Waals surface area contributed by atoms with Crippen LogP contribution in [-0.4, -0.2) is 56.1 Å². The number of rotatable bonds is 7. The van der Waals surface area contributed by atoms with Crippen LogP contribution in [0.25, 0.3) is 0 Å². The molecule has 0 amide bonds. The average molecular weight is 354 g/mol. The molecule has 1 aromatic rings. The van der Waals surface area contributed by atoms with E-state index in [1.54, 1.807) is 0 Å². The molecular formula is C19H31NO3S. The molecule has 0 radical (unpaired) electrons. The molecule has 0 bridgehead atoms. The molecule has 1 unspecified atom stereocenters. The number of hydrogen-bond acceptors (Lipinski definition) is 5. The summed E-state index contributed by atoms with van der Waals surface area (Å²) in [6.07, 6.45) is 4.66. The van der Waals surface area contributed by atoms with Gasteiger partial charge in [0.25, 0.3) is 0 Å². The van der Waals surface area contributed by atoms with Crippen molar-refractivity contribution >= 4 is 11.3 Å². The van der Waals surface area contributed by atoms with Gasteiger partial charge in [-0.3, -0.25) is 4.90 Å². The summed E-state index contributed by atoms with van der Waals surface area (Å²) in [5.74, 6) is 0. The molecule has 24 heavy (non-hydrogen) atoms. The van der Waals surface area contributed by atoms with E-state index in [1.165, 1.54) is 10.4 Å². The minimum Gasteiger partial charge on any atom is -0.379 e. The van der Waals surface area contributed by atoms with Crippen molar-refractivity contribution in [3.63, 3.8) is 0 Å². The number of nitrogens with zero attached hydrogens (tertiary/aromatic N) is 1. The molecule has 0 aliphatic carbocycles. The summed E-state index contributed by atoms with van der Waals surface area (Å²) in [4.78, 5) is 4.08. The monoisotopic (exact) mass is 353 g/mol. The lowest BCUT2D eigenvalue weighted by Gasteiger charge is -2.46. The first-order valence-electron chi connectivity index (χ1n) is 9.29. The second-order valence-corrected chi connectivity index (χ2v) is 8.02. The predicted octanol–water partition coefficient (Wildman–Crippen LogP) is 3.62. The Labute approximate surface area is 150 Å². The molecule has 3 heterocycles. The average Bonchev–Trinajstić information content (AvgIpc) is 2.99. The maximum Gasteiger partial charge on any atom is 0.0731 e. The molecule has 0 saturated carbocycles. The first-order chi connectivity index (χ1) is 11.7. The second kappa shape index (κ2) is 8.77. The van der Waals surface area contributed by atoms with Crippen LogP contribution in [0.4, 0.5) is 0 Å². The highest BCUT2D eigenvalue weighted by Crippen LogP contribution is 2.36. The fourth-order valence-corrected chi connectivity index (χ4v) is 4.73. The summed E-state index contributed by atoms with van der Waals surface area (Å²) >= 11 is 1.88. The Bertz CT molecular complexity index is 497. The maximum atomic E-state index is 6.24. The third-order valence-electron chi connectivity index (χ3n) is 5.34. The van der Waals surface area contributed by atoms with Gasteiger partial charge in [0.2, 0.25) is 0 Å². The van der Waals surface area contributed by atoms with Gasteiger partial charge in [0, 0.05) is 44.1 Å². The van der Waals surface area contributed by atoms with E-state index in [9.17, 15) is 0 Å². The van der Waals surface area contributed by atoms with Crippen LogP contribution in [0.1, 0.15) is 43.0 Å². The van der Waals surface area contributed by atoms with Gasteiger partial charge in [-0.1, -0.05) is 0 Å². The quantitative estimate of drug-likeness (QED) is 0.701. The summed E-state index contributed by atoms with van der Waals surface area (Å²) in [7, 11) is 0. The highest BCUT2D eigenvalue weighted by molar-refractivity contribution is 7.10. The van der Waals surface area contributed by atoms with Crippen LogP contribution in [0.2, 0.25) is 0 Å². The molecule has 0 aromatic carbocycles. The zero-order valence-electron chi connectivity index (χ0n) is 15.1. The summed E-state index contributed by atoms with van der Waals surface area (Å²) in [5, 5.41) is 2.20. The van der Waals surface area contributed by atoms with E-state index in [2.05, 4.69) is 23.3 Å². The van der Waals surface area contributed by atoms with Crippen LogP contribution >= 0.6 is 11.3 Å². The minimum absolute atomic E-state index is 0.0511. The van der Waals surface area contributed by atoms with E-state index in [1.807, 2.05) is 18.3 Å². The zero-order valence-corrected chi connectivity index (χ0v) is 15.9. The molecule has 2 aliphatic rings. The smallest absolute Gasteiger partial charge is 0.0731 e. The van der Waals surface area contributed by atoms with Crippen molar-refractivity contribution in [2.75, 3.05) is 39.5 Å². The third kappa shape index (κ3) is 4.79. The van der Waals surface area contributed by atoms with Crippen LogP contribution in [0, 0.1) is 6.92 Å². The van der Waals surface area contributed by atoms with Gasteiger partial charge in [-0.2, -0.15) is 0 Å². The Kier molecular flexibility index (Phi) is 6.70. The third-order valence-corrected chi connectivity index (χ3v) is 6.34. The lowest BCUT2D eigenvalue weighted by atomic mass is 9.83. The van der Waals surface area contributed by atoms with E-state index >= 15 is 0 Å². The molecule has 2 fully saturated rings. The summed E-state index contributed by atoms with van der Waals surface area (Å²) < 4.78 is 17.6. The fraction of sp³-hybridized carbons (Fsp3) is 0.789. The Morgan fingerprint density at radius 1 is 1.33 bits per heavy atom. The number of ether oxygens (including phenoxy) is 3. The van der Waals surface area contributed by atoms with Gasteiger partial charge < -0.3 is 14.2 Å². The maximum absolute atomic E-state index is 6.24. The molecule has 2 aliphatic heterocycles. The number of likely N-dealkylation sites (tertiary alicyclic amines) is 1. The predicted molar refractivity (Wildman–Crippen MR) is 97.7 cm³/mol. The van der Waals surface area contributed by atoms with Crippen LogP contribution in [0.3, 0.4) is 0 Å². The van der Waals surface area contributed by atoms with E-state index in [-0.39, 0.29) is 5.60 Å². The van der Waals surface area contributed by atoms with Gasteiger partial charge in [0.05, 0.1) is 24.9 Å². The molecule has 1 atom stereocenters. The van der Waals surface area contributed by atoms with Crippen molar-refractivity contribution in [2.45, 2.75) is 57.8 Å². The molecule has 5 heteroatoms. The topological polar surface area (TPSA) is 30.9 Å². The lowest BCUT2D eigenvalue weighted by Crippen LogP contribution is -2.50. The molecule has 136 valence electrons. The standard InChI is InChI=1S/C19H31NO3S/c1-3-21-11-12-22-17-4-10-23-19(14-17)6-8-20(9-7-19)15-18-16(2)5-13-24-18/h5,13,17H,3-4,6-12,14-15H2,1-2H3. The Morgan fingerprint density at radius 3 is 2.88 bits per heavy atom. The number of piperidine rings is 1. The Morgan fingerprint density at radius 2 is 2.17 bits per heavy atom. The molecule has 4 nitrogen and oxygen atoms in total. The Hall–Kier alpha value is -0.460. The SMILES string of the molecule is CCOCCOC1CCOC2(CCN(Cc3sccc3C)CC2)C1. The number of hydrogen-bond donors (Lipinski definition) is 0. The largest absolute Gasteiger partial charge is 0.379 e. The van der Waals surface area contributed by atoms with Crippen LogP contribution in [0.5, 0.6) is 0 Å². The normalized spacial score (nSPS) is 24.5. The molecule has 2 saturated heterocycles. The molecule has 1 aromatic heterocycles. The van der Waals surface area contributed by atoms with Gasteiger partial charge in [-0.25, -0.2) is 0 Å².